The van der Waals surface area contributed by atoms with E-state index in [0.29, 0.717) is 6.04 Å². The third-order valence-electron chi connectivity index (χ3n) is 2.32. The molecule has 0 bridgehead atoms. The molecule has 1 aromatic heterocycles. The van der Waals surface area contributed by atoms with Gasteiger partial charge in [0.15, 0.2) is 0 Å². The summed E-state index contributed by atoms with van der Waals surface area (Å²) < 4.78 is 1.93. The molecule has 1 heterocycles. The smallest absolute Gasteiger partial charge is 0.124 e. The molecule has 0 aliphatic carbocycles. The minimum atomic E-state index is 0.457. The van der Waals surface area contributed by atoms with Crippen molar-refractivity contribution in [3.8, 4) is 0 Å². The van der Waals surface area contributed by atoms with Crippen LogP contribution in [-0.4, -0.2) is 9.78 Å². The SMILES string of the molecule is CCC(CC)n1ncc(C)c1N. The summed E-state index contributed by atoms with van der Waals surface area (Å²) in [5, 5.41) is 4.25. The average molecular weight is 167 g/mol. The summed E-state index contributed by atoms with van der Waals surface area (Å²) in [5.74, 6) is 0.809. The highest BCUT2D eigenvalue weighted by molar-refractivity contribution is 5.37. The first-order valence-corrected chi connectivity index (χ1v) is 4.50. The van der Waals surface area contributed by atoms with Gasteiger partial charge in [-0.05, 0) is 19.8 Å². The normalized spacial score (nSPS) is 11.0. The van der Waals surface area contributed by atoms with Crippen molar-refractivity contribution in [3.63, 3.8) is 0 Å². The van der Waals surface area contributed by atoms with Gasteiger partial charge in [-0.3, -0.25) is 0 Å². The Labute approximate surface area is 73.6 Å². The lowest BCUT2D eigenvalue weighted by Crippen LogP contribution is -2.11. The molecule has 0 spiro atoms. The summed E-state index contributed by atoms with van der Waals surface area (Å²) in [5.41, 5.74) is 6.93. The van der Waals surface area contributed by atoms with Crippen LogP contribution in [0.25, 0.3) is 0 Å². The Morgan fingerprint density at radius 3 is 2.42 bits per heavy atom. The second-order valence-corrected chi connectivity index (χ2v) is 3.13. The van der Waals surface area contributed by atoms with Crippen molar-refractivity contribution >= 4 is 5.82 Å². The van der Waals surface area contributed by atoms with Gasteiger partial charge in [0.1, 0.15) is 5.82 Å². The van der Waals surface area contributed by atoms with Crippen LogP contribution in [0.15, 0.2) is 6.20 Å². The van der Waals surface area contributed by atoms with E-state index in [0.717, 1.165) is 24.2 Å². The summed E-state index contributed by atoms with van der Waals surface area (Å²) in [6, 6.07) is 0.457. The van der Waals surface area contributed by atoms with E-state index in [-0.39, 0.29) is 0 Å². The summed E-state index contributed by atoms with van der Waals surface area (Å²) >= 11 is 0. The summed E-state index contributed by atoms with van der Waals surface area (Å²) in [6.07, 6.45) is 4.00. The van der Waals surface area contributed by atoms with E-state index >= 15 is 0 Å². The monoisotopic (exact) mass is 167 g/mol. The fourth-order valence-corrected chi connectivity index (χ4v) is 1.38. The van der Waals surface area contributed by atoms with Gasteiger partial charge in [0.25, 0.3) is 0 Å². The second kappa shape index (κ2) is 3.61. The largest absolute Gasteiger partial charge is 0.384 e. The zero-order valence-electron chi connectivity index (χ0n) is 8.04. The first kappa shape index (κ1) is 9.10. The molecule has 0 aromatic carbocycles. The van der Waals surface area contributed by atoms with Crippen molar-refractivity contribution in [1.29, 1.82) is 0 Å². The lowest BCUT2D eigenvalue weighted by molar-refractivity contribution is 0.434. The highest BCUT2D eigenvalue weighted by Gasteiger charge is 2.10. The molecule has 68 valence electrons. The zero-order valence-corrected chi connectivity index (χ0v) is 8.04. The van der Waals surface area contributed by atoms with Crippen LogP contribution < -0.4 is 5.73 Å². The van der Waals surface area contributed by atoms with Crippen LogP contribution in [0.2, 0.25) is 0 Å². The number of nitrogens with two attached hydrogens (primary N) is 1. The Kier molecular flexibility index (Phi) is 2.74. The number of rotatable bonds is 3. The van der Waals surface area contributed by atoms with Gasteiger partial charge in [0.2, 0.25) is 0 Å². The highest BCUT2D eigenvalue weighted by atomic mass is 15.3. The molecule has 0 aliphatic rings. The van der Waals surface area contributed by atoms with Crippen LogP contribution in [0, 0.1) is 6.92 Å². The molecule has 12 heavy (non-hydrogen) atoms. The van der Waals surface area contributed by atoms with Crippen LogP contribution in [-0.2, 0) is 0 Å². The summed E-state index contributed by atoms with van der Waals surface area (Å²) in [4.78, 5) is 0. The van der Waals surface area contributed by atoms with E-state index in [9.17, 15) is 0 Å². The van der Waals surface area contributed by atoms with E-state index in [4.69, 9.17) is 5.73 Å². The van der Waals surface area contributed by atoms with Crippen LogP contribution >= 0.6 is 0 Å². The quantitative estimate of drug-likeness (QED) is 0.749. The number of aromatic nitrogens is 2. The van der Waals surface area contributed by atoms with Gasteiger partial charge in [-0.2, -0.15) is 5.10 Å². The van der Waals surface area contributed by atoms with Gasteiger partial charge >= 0.3 is 0 Å². The number of anilines is 1. The maximum atomic E-state index is 5.86. The number of hydrogen-bond acceptors (Lipinski definition) is 2. The van der Waals surface area contributed by atoms with Crippen LogP contribution in [0.1, 0.15) is 38.3 Å². The van der Waals surface area contributed by atoms with E-state index in [1.807, 2.05) is 17.8 Å². The minimum Gasteiger partial charge on any atom is -0.384 e. The maximum absolute atomic E-state index is 5.86. The molecule has 0 atom stereocenters. The van der Waals surface area contributed by atoms with Gasteiger partial charge < -0.3 is 5.73 Å². The van der Waals surface area contributed by atoms with Crippen molar-refractivity contribution in [2.45, 2.75) is 39.7 Å². The fraction of sp³-hybridized carbons (Fsp3) is 0.667. The Morgan fingerprint density at radius 2 is 2.08 bits per heavy atom. The molecule has 0 saturated carbocycles. The van der Waals surface area contributed by atoms with Crippen molar-refractivity contribution < 1.29 is 0 Å². The first-order valence-electron chi connectivity index (χ1n) is 4.50. The molecule has 3 nitrogen and oxygen atoms in total. The topological polar surface area (TPSA) is 43.8 Å². The molecule has 1 aromatic rings. The van der Waals surface area contributed by atoms with E-state index in [2.05, 4.69) is 18.9 Å². The number of hydrogen-bond donors (Lipinski definition) is 1. The molecule has 0 saturated heterocycles. The van der Waals surface area contributed by atoms with E-state index in [1.54, 1.807) is 0 Å². The highest BCUT2D eigenvalue weighted by Crippen LogP contribution is 2.20. The Hall–Kier alpha value is -0.990. The summed E-state index contributed by atoms with van der Waals surface area (Å²) in [6.45, 7) is 6.30. The van der Waals surface area contributed by atoms with Crippen LogP contribution in [0.3, 0.4) is 0 Å². The zero-order chi connectivity index (χ0) is 9.14. The molecule has 0 radical (unpaired) electrons. The van der Waals surface area contributed by atoms with E-state index in [1.165, 1.54) is 0 Å². The lowest BCUT2D eigenvalue weighted by Gasteiger charge is -2.14. The van der Waals surface area contributed by atoms with Crippen LogP contribution in [0.4, 0.5) is 5.82 Å². The van der Waals surface area contributed by atoms with Gasteiger partial charge in [0.05, 0.1) is 12.2 Å². The van der Waals surface area contributed by atoms with Crippen LogP contribution in [0.5, 0.6) is 0 Å². The molecular formula is C9H17N3. The molecule has 3 heteroatoms. The van der Waals surface area contributed by atoms with Crippen molar-refractivity contribution in [1.82, 2.24) is 9.78 Å². The third kappa shape index (κ3) is 1.44. The van der Waals surface area contributed by atoms with Crippen molar-refractivity contribution in [3.05, 3.63) is 11.8 Å². The predicted molar refractivity (Wildman–Crippen MR) is 51.0 cm³/mol. The predicted octanol–water partition coefficient (Wildman–Crippen LogP) is 2.13. The molecular weight excluding hydrogens is 150 g/mol. The number of aryl methyl sites for hydroxylation is 1. The van der Waals surface area contributed by atoms with E-state index < -0.39 is 0 Å². The molecule has 0 amide bonds. The number of nitrogens with zero attached hydrogens (tertiary/aromatic N) is 2. The molecule has 0 unspecified atom stereocenters. The first-order chi connectivity index (χ1) is 5.70. The van der Waals surface area contributed by atoms with Crippen molar-refractivity contribution in [2.75, 3.05) is 5.73 Å². The third-order valence-corrected chi connectivity index (χ3v) is 2.32. The Bertz CT molecular complexity index is 248. The van der Waals surface area contributed by atoms with Gasteiger partial charge in [-0.15, -0.1) is 0 Å². The fourth-order valence-electron chi connectivity index (χ4n) is 1.38. The standard InChI is InChI=1S/C9H17N3/c1-4-8(5-2)12-9(10)7(3)6-11-12/h6,8H,4-5,10H2,1-3H3. The van der Waals surface area contributed by atoms with Gasteiger partial charge in [0, 0.05) is 5.56 Å². The molecule has 0 fully saturated rings. The van der Waals surface area contributed by atoms with Gasteiger partial charge in [-0.25, -0.2) is 4.68 Å². The van der Waals surface area contributed by atoms with Gasteiger partial charge in [-0.1, -0.05) is 13.8 Å². The Balaban J connectivity index is 2.93. The van der Waals surface area contributed by atoms with Crippen molar-refractivity contribution in [2.24, 2.45) is 0 Å². The molecule has 2 N–H and O–H groups in total. The molecule has 0 aliphatic heterocycles. The summed E-state index contributed by atoms with van der Waals surface area (Å²) in [7, 11) is 0. The Morgan fingerprint density at radius 1 is 1.50 bits per heavy atom. The minimum absolute atomic E-state index is 0.457. The maximum Gasteiger partial charge on any atom is 0.124 e. The average Bonchev–Trinajstić information content (AvgIpc) is 2.38. The second-order valence-electron chi connectivity index (χ2n) is 3.13. The number of nitrogen functional groups attached to an aromatic ring is 1. The molecule has 1 rings (SSSR count). The lowest BCUT2D eigenvalue weighted by atomic mass is 10.2.